The Bertz CT molecular complexity index is 1100. The molecule has 2 aromatic carbocycles. The van der Waals surface area contributed by atoms with Crippen LogP contribution in [0.15, 0.2) is 47.4 Å². The molecule has 0 bridgehead atoms. The first-order chi connectivity index (χ1) is 15.0. The fourth-order valence-corrected chi connectivity index (χ4v) is 3.79. The van der Waals surface area contributed by atoms with E-state index in [0.29, 0.717) is 11.4 Å². The van der Waals surface area contributed by atoms with Crippen molar-refractivity contribution in [1.29, 1.82) is 0 Å². The van der Waals surface area contributed by atoms with E-state index in [9.17, 15) is 22.8 Å². The fraction of sp³-hybridized carbons (Fsp3) is 0.286. The van der Waals surface area contributed by atoms with E-state index in [-0.39, 0.29) is 16.5 Å². The van der Waals surface area contributed by atoms with Crippen LogP contribution in [0.4, 0.5) is 11.4 Å². The summed E-state index contributed by atoms with van der Waals surface area (Å²) in [6.07, 6.45) is 0. The molecule has 2 aromatic rings. The molecule has 0 aliphatic heterocycles. The van der Waals surface area contributed by atoms with Crippen molar-refractivity contribution in [2.45, 2.75) is 31.7 Å². The van der Waals surface area contributed by atoms with Crippen LogP contribution < -0.4 is 20.1 Å². The molecule has 0 aromatic heterocycles. The summed E-state index contributed by atoms with van der Waals surface area (Å²) >= 11 is 0. The second kappa shape index (κ2) is 10.7. The number of anilines is 2. The fourth-order valence-electron chi connectivity index (χ4n) is 2.60. The van der Waals surface area contributed by atoms with E-state index < -0.39 is 34.5 Å². The van der Waals surface area contributed by atoms with Gasteiger partial charge in [-0.15, -0.1) is 0 Å². The molecule has 172 valence electrons. The number of hydrogen-bond acceptors (Lipinski definition) is 7. The lowest BCUT2D eigenvalue weighted by Gasteiger charge is -2.15. The molecule has 32 heavy (non-hydrogen) atoms. The highest BCUT2D eigenvalue weighted by molar-refractivity contribution is 7.89. The van der Waals surface area contributed by atoms with Crippen LogP contribution >= 0.6 is 0 Å². The van der Waals surface area contributed by atoms with E-state index in [1.807, 2.05) is 6.92 Å². The smallest absolute Gasteiger partial charge is 0.324 e. The summed E-state index contributed by atoms with van der Waals surface area (Å²) in [6.45, 7) is 3.82. The van der Waals surface area contributed by atoms with E-state index in [1.54, 1.807) is 24.3 Å². The van der Waals surface area contributed by atoms with E-state index in [2.05, 4.69) is 15.4 Å². The summed E-state index contributed by atoms with van der Waals surface area (Å²) in [5.74, 6) is -1.55. The largest absolute Gasteiger partial charge is 0.495 e. The van der Waals surface area contributed by atoms with Crippen LogP contribution in [0.25, 0.3) is 0 Å². The number of esters is 1. The molecule has 1 atom stereocenters. The molecule has 11 heteroatoms. The van der Waals surface area contributed by atoms with Gasteiger partial charge in [0.15, 0.2) is 6.61 Å². The van der Waals surface area contributed by atoms with Gasteiger partial charge in [0.05, 0.1) is 17.7 Å². The van der Waals surface area contributed by atoms with Crippen molar-refractivity contribution in [3.05, 3.63) is 48.0 Å². The topological polar surface area (TPSA) is 140 Å². The number of methoxy groups -OCH3 is 1. The molecule has 0 heterocycles. The van der Waals surface area contributed by atoms with Gasteiger partial charge in [-0.05, 0) is 44.2 Å². The SMILES string of the molecule is COc1ccc(NC(C)=O)cc1NC(=O)COC(=O)[C@H](C)NS(=O)(=O)c1ccc(C)cc1. The van der Waals surface area contributed by atoms with Crippen LogP contribution in [-0.2, 0) is 29.1 Å². The zero-order valence-corrected chi connectivity index (χ0v) is 18.9. The third-order valence-electron chi connectivity index (χ3n) is 4.16. The summed E-state index contributed by atoms with van der Waals surface area (Å²) in [7, 11) is -2.53. The Morgan fingerprint density at radius 2 is 1.69 bits per heavy atom. The van der Waals surface area contributed by atoms with Gasteiger partial charge in [-0.2, -0.15) is 4.72 Å². The van der Waals surface area contributed by atoms with E-state index >= 15 is 0 Å². The molecule has 2 amide bonds. The number of amides is 2. The maximum absolute atomic E-state index is 12.4. The average molecular weight is 464 g/mol. The standard InChI is InChI=1S/C21H25N3O7S/c1-13-5-8-17(9-6-13)32(28,29)24-14(2)21(27)31-12-20(26)23-18-11-16(22-15(3)25)7-10-19(18)30-4/h5-11,14,24H,12H2,1-4H3,(H,22,25)(H,23,26)/t14-/m0/s1. The number of aryl methyl sites for hydroxylation is 1. The lowest BCUT2D eigenvalue weighted by molar-refractivity contribution is -0.148. The number of sulfonamides is 1. The zero-order chi connectivity index (χ0) is 23.9. The molecule has 0 spiro atoms. The predicted octanol–water partition coefficient (Wildman–Crippen LogP) is 1.81. The van der Waals surface area contributed by atoms with Crippen molar-refractivity contribution in [3.8, 4) is 5.75 Å². The van der Waals surface area contributed by atoms with E-state index in [1.165, 1.54) is 39.2 Å². The van der Waals surface area contributed by atoms with Gasteiger partial charge in [0.2, 0.25) is 15.9 Å². The Kier molecular flexibility index (Phi) is 8.33. The number of ether oxygens (including phenoxy) is 2. The van der Waals surface area contributed by atoms with Crippen molar-refractivity contribution in [2.24, 2.45) is 0 Å². The van der Waals surface area contributed by atoms with Gasteiger partial charge in [-0.25, -0.2) is 8.42 Å². The molecule has 0 fully saturated rings. The quantitative estimate of drug-likeness (QED) is 0.482. The number of benzene rings is 2. The van der Waals surface area contributed by atoms with E-state index in [4.69, 9.17) is 9.47 Å². The molecule has 0 saturated carbocycles. The van der Waals surface area contributed by atoms with Crippen LogP contribution in [0.5, 0.6) is 5.75 Å². The number of carbonyl (C=O) groups is 3. The van der Waals surface area contributed by atoms with Crippen LogP contribution in [0.2, 0.25) is 0 Å². The molecule has 0 unspecified atom stereocenters. The first-order valence-corrected chi connectivity index (χ1v) is 11.0. The van der Waals surface area contributed by atoms with Gasteiger partial charge in [0, 0.05) is 12.6 Å². The molecular formula is C21H25N3O7S. The Labute approximate surface area is 186 Å². The minimum Gasteiger partial charge on any atom is -0.495 e. The Balaban J connectivity index is 1.95. The molecular weight excluding hydrogens is 438 g/mol. The van der Waals surface area contributed by atoms with Gasteiger partial charge < -0.3 is 20.1 Å². The van der Waals surface area contributed by atoms with Gasteiger partial charge in [-0.3, -0.25) is 14.4 Å². The van der Waals surface area contributed by atoms with E-state index in [0.717, 1.165) is 5.56 Å². The monoisotopic (exact) mass is 463 g/mol. The molecule has 0 saturated heterocycles. The molecule has 2 rings (SSSR count). The highest BCUT2D eigenvalue weighted by Gasteiger charge is 2.24. The third kappa shape index (κ3) is 7.06. The van der Waals surface area contributed by atoms with Crippen molar-refractivity contribution < 1.29 is 32.3 Å². The van der Waals surface area contributed by atoms with Gasteiger partial charge in [-0.1, -0.05) is 17.7 Å². The summed E-state index contributed by atoms with van der Waals surface area (Å²) in [5, 5.41) is 5.09. The van der Waals surface area contributed by atoms with Gasteiger partial charge in [0.1, 0.15) is 11.8 Å². The van der Waals surface area contributed by atoms with Gasteiger partial charge in [0.25, 0.3) is 5.91 Å². The second-order valence-corrected chi connectivity index (χ2v) is 8.62. The van der Waals surface area contributed by atoms with Crippen LogP contribution in [-0.4, -0.2) is 46.0 Å². The zero-order valence-electron chi connectivity index (χ0n) is 18.1. The maximum atomic E-state index is 12.4. The molecule has 0 aliphatic carbocycles. The van der Waals surface area contributed by atoms with Crippen LogP contribution in [0.3, 0.4) is 0 Å². The first kappa shape index (κ1) is 24.8. The molecule has 0 radical (unpaired) electrons. The van der Waals surface area contributed by atoms with Crippen LogP contribution in [0.1, 0.15) is 19.4 Å². The second-order valence-electron chi connectivity index (χ2n) is 6.91. The molecule has 3 N–H and O–H groups in total. The lowest BCUT2D eigenvalue weighted by atomic mass is 10.2. The van der Waals surface area contributed by atoms with Crippen molar-refractivity contribution in [3.63, 3.8) is 0 Å². The highest BCUT2D eigenvalue weighted by atomic mass is 32.2. The number of rotatable bonds is 9. The maximum Gasteiger partial charge on any atom is 0.324 e. The Morgan fingerprint density at radius 1 is 1.03 bits per heavy atom. The molecule has 0 aliphatic rings. The summed E-state index contributed by atoms with van der Waals surface area (Å²) in [6, 6.07) is 9.53. The molecule has 10 nitrogen and oxygen atoms in total. The minimum atomic E-state index is -3.93. The normalized spacial score (nSPS) is 11.9. The average Bonchev–Trinajstić information content (AvgIpc) is 2.71. The predicted molar refractivity (Wildman–Crippen MR) is 118 cm³/mol. The number of hydrogen-bond donors (Lipinski definition) is 3. The Hall–Kier alpha value is -3.44. The lowest BCUT2D eigenvalue weighted by Crippen LogP contribution is -2.40. The Morgan fingerprint density at radius 3 is 2.28 bits per heavy atom. The summed E-state index contributed by atoms with van der Waals surface area (Å²) in [4.78, 5) is 35.6. The minimum absolute atomic E-state index is 0.00615. The van der Waals surface area contributed by atoms with Gasteiger partial charge >= 0.3 is 5.97 Å². The number of carbonyl (C=O) groups excluding carboxylic acids is 3. The van der Waals surface area contributed by atoms with Crippen molar-refractivity contribution in [2.75, 3.05) is 24.4 Å². The summed E-state index contributed by atoms with van der Waals surface area (Å²) in [5.41, 5.74) is 1.58. The first-order valence-electron chi connectivity index (χ1n) is 9.53. The number of nitrogens with one attached hydrogen (secondary N) is 3. The highest BCUT2D eigenvalue weighted by Crippen LogP contribution is 2.27. The van der Waals surface area contributed by atoms with Crippen molar-refractivity contribution in [1.82, 2.24) is 4.72 Å². The third-order valence-corrected chi connectivity index (χ3v) is 5.71. The van der Waals surface area contributed by atoms with Crippen molar-refractivity contribution >= 4 is 39.2 Å². The summed E-state index contributed by atoms with van der Waals surface area (Å²) < 4.78 is 37.0. The van der Waals surface area contributed by atoms with Crippen LogP contribution in [0, 0.1) is 6.92 Å².